The van der Waals surface area contributed by atoms with Crippen LogP contribution in [0.5, 0.6) is 17.2 Å². The summed E-state index contributed by atoms with van der Waals surface area (Å²) in [5.41, 5.74) is 4.35. The van der Waals surface area contributed by atoms with E-state index in [0.717, 1.165) is 41.9 Å². The van der Waals surface area contributed by atoms with E-state index in [-0.39, 0.29) is 29.9 Å². The number of nitrogens with zero attached hydrogens (tertiary/aromatic N) is 1. The molecular weight excluding hydrogens is 627 g/mol. The third kappa shape index (κ3) is 10.1. The van der Waals surface area contributed by atoms with Crippen LogP contribution in [-0.2, 0) is 17.5 Å². The zero-order chi connectivity index (χ0) is 34.3. The van der Waals surface area contributed by atoms with Crippen LogP contribution < -0.4 is 23.9 Å². The average molecular weight is 676 g/mol. The van der Waals surface area contributed by atoms with E-state index in [9.17, 15) is 19.5 Å². The van der Waals surface area contributed by atoms with E-state index >= 15 is 0 Å². The highest BCUT2D eigenvalue weighted by molar-refractivity contribution is 7.46. The quantitative estimate of drug-likeness (QED) is 0.0870. The number of hydrogen-bond donors (Lipinski definition) is 4. The van der Waals surface area contributed by atoms with Gasteiger partial charge in [-0.25, -0.2) is 9.13 Å². The number of methoxy groups -OCH3 is 1. The van der Waals surface area contributed by atoms with Gasteiger partial charge in [-0.2, -0.15) is 0 Å². The van der Waals surface area contributed by atoms with Crippen LogP contribution in [0.1, 0.15) is 86.3 Å². The third-order valence-electron chi connectivity index (χ3n) is 8.66. The van der Waals surface area contributed by atoms with Crippen LogP contribution in [-0.4, -0.2) is 40.2 Å². The summed E-state index contributed by atoms with van der Waals surface area (Å²) >= 11 is 0. The Labute approximate surface area is 283 Å². The molecule has 3 aromatic carbocycles. The Balaban J connectivity index is 1.36. The smallest absolute Gasteiger partial charge is 0.493 e. The highest BCUT2D eigenvalue weighted by atomic mass is 31.2. The predicted octanol–water partition coefficient (Wildman–Crippen LogP) is 6.62. The summed E-state index contributed by atoms with van der Waals surface area (Å²) < 4.78 is 30.9. The maximum absolute atomic E-state index is 11.8. The summed E-state index contributed by atoms with van der Waals surface area (Å²) in [4.78, 5) is 19.2. The van der Waals surface area contributed by atoms with Crippen LogP contribution in [0.3, 0.4) is 0 Å². The van der Waals surface area contributed by atoms with E-state index in [4.69, 9.17) is 14.0 Å². The number of aliphatic hydroxyl groups is 1. The van der Waals surface area contributed by atoms with Crippen LogP contribution in [0.25, 0.3) is 0 Å². The van der Waals surface area contributed by atoms with E-state index < -0.39 is 13.9 Å². The van der Waals surface area contributed by atoms with Gasteiger partial charge >= 0.3 is 7.82 Å². The van der Waals surface area contributed by atoms with Crippen molar-refractivity contribution < 1.29 is 38.0 Å². The van der Waals surface area contributed by atoms with Gasteiger partial charge < -0.3 is 24.4 Å². The molecule has 1 saturated carbocycles. The minimum absolute atomic E-state index is 0.0338. The number of pyridine rings is 1. The summed E-state index contributed by atoms with van der Waals surface area (Å²) in [5.74, 6) is 1.64. The Kier molecular flexibility index (Phi) is 11.6. The van der Waals surface area contributed by atoms with Crippen molar-refractivity contribution in [1.29, 1.82) is 0 Å². The molecule has 1 fully saturated rings. The zero-order valence-electron chi connectivity index (χ0n) is 28.2. The number of ether oxygens (including phenoxy) is 2. The Bertz CT molecular complexity index is 1680. The molecule has 48 heavy (non-hydrogen) atoms. The second-order valence-electron chi connectivity index (χ2n) is 13.6. The van der Waals surface area contributed by atoms with Crippen LogP contribution in [0, 0.1) is 0 Å². The van der Waals surface area contributed by atoms with Gasteiger partial charge in [0.1, 0.15) is 5.75 Å². The normalized spacial score (nSPS) is 15.2. The van der Waals surface area contributed by atoms with Crippen molar-refractivity contribution in [2.45, 2.75) is 83.1 Å². The molecular formula is C38H48N2O7P+. The number of hydrogen-bond acceptors (Lipinski definition) is 6. The fourth-order valence-electron chi connectivity index (χ4n) is 6.11. The molecule has 4 N–H and O–H groups in total. The molecule has 0 saturated heterocycles. The van der Waals surface area contributed by atoms with Crippen molar-refractivity contribution in [3.8, 4) is 17.2 Å². The first-order chi connectivity index (χ1) is 22.9. The maximum atomic E-state index is 11.8. The molecule has 256 valence electrons. The summed E-state index contributed by atoms with van der Waals surface area (Å²) in [5, 5.41) is 14.0. The lowest BCUT2D eigenvalue weighted by atomic mass is 9.86. The summed E-state index contributed by atoms with van der Waals surface area (Å²) in [7, 11) is -3.16. The van der Waals surface area contributed by atoms with Gasteiger partial charge in [0.15, 0.2) is 30.4 Å². The van der Waals surface area contributed by atoms with Crippen molar-refractivity contribution in [1.82, 2.24) is 5.32 Å². The Morgan fingerprint density at radius 2 is 1.54 bits per heavy atom. The minimum Gasteiger partial charge on any atom is -0.493 e. The average Bonchev–Trinajstić information content (AvgIpc) is 3.56. The number of phosphoric ester groups is 1. The maximum Gasteiger partial charge on any atom is 0.524 e. The lowest BCUT2D eigenvalue weighted by Crippen LogP contribution is -2.38. The monoisotopic (exact) mass is 675 g/mol. The van der Waals surface area contributed by atoms with Gasteiger partial charge in [0.2, 0.25) is 0 Å². The topological polar surface area (TPSA) is 121 Å². The van der Waals surface area contributed by atoms with Gasteiger partial charge in [0.25, 0.3) is 0 Å². The Morgan fingerprint density at radius 1 is 0.875 bits per heavy atom. The number of rotatable bonds is 14. The molecule has 10 heteroatoms. The molecule has 2 atom stereocenters. The van der Waals surface area contributed by atoms with Crippen LogP contribution in [0.2, 0.25) is 0 Å². The van der Waals surface area contributed by atoms with Crippen molar-refractivity contribution in [3.63, 3.8) is 0 Å². The van der Waals surface area contributed by atoms with Crippen LogP contribution >= 0.6 is 7.82 Å². The first-order valence-electron chi connectivity index (χ1n) is 16.6. The van der Waals surface area contributed by atoms with E-state index in [1.54, 1.807) is 19.2 Å². The SMILES string of the molecule is COc1ccc(C(Cc2cc[n+](Cc3ccc(C(O)CNC(C)(C)C)cc3OP(=O)(O)O)cc2)c2ccccc2)cc1OC1CCCC1. The molecule has 5 rings (SSSR count). The summed E-state index contributed by atoms with van der Waals surface area (Å²) in [6.07, 6.45) is 8.51. The third-order valence-corrected chi connectivity index (χ3v) is 9.09. The number of nitrogens with one attached hydrogen (secondary N) is 1. The second-order valence-corrected chi connectivity index (χ2v) is 14.7. The zero-order valence-corrected chi connectivity index (χ0v) is 29.1. The number of phosphoric acid groups is 1. The summed E-state index contributed by atoms with van der Waals surface area (Å²) in [6, 6.07) is 25.8. The van der Waals surface area contributed by atoms with Gasteiger partial charge in [0, 0.05) is 30.1 Å². The van der Waals surface area contributed by atoms with Crippen molar-refractivity contribution in [3.05, 3.63) is 119 Å². The van der Waals surface area contributed by atoms with E-state index in [2.05, 4.69) is 53.8 Å². The fraction of sp³-hybridized carbons (Fsp3) is 0.395. The Morgan fingerprint density at radius 3 is 2.19 bits per heavy atom. The molecule has 1 aliphatic rings. The number of β-amino-alcohol motifs (C(OH)–C–C–N with tert-alkyl or cyclic N) is 1. The molecule has 1 heterocycles. The highest BCUT2D eigenvalue weighted by Crippen LogP contribution is 2.40. The van der Waals surface area contributed by atoms with Gasteiger partial charge in [-0.1, -0.05) is 42.5 Å². The molecule has 1 aliphatic carbocycles. The highest BCUT2D eigenvalue weighted by Gasteiger charge is 2.24. The molecule has 0 aliphatic heterocycles. The van der Waals surface area contributed by atoms with Gasteiger partial charge in [-0.05, 0) is 99.4 Å². The van der Waals surface area contributed by atoms with Crippen molar-refractivity contribution in [2.24, 2.45) is 0 Å². The molecule has 2 unspecified atom stereocenters. The van der Waals surface area contributed by atoms with Crippen molar-refractivity contribution >= 4 is 7.82 Å². The number of aliphatic hydroxyl groups excluding tert-OH is 1. The van der Waals surface area contributed by atoms with Gasteiger partial charge in [0.05, 0.1) is 24.9 Å². The van der Waals surface area contributed by atoms with E-state index in [1.165, 1.54) is 24.5 Å². The second kappa shape index (κ2) is 15.7. The predicted molar refractivity (Wildman–Crippen MR) is 185 cm³/mol. The fourth-order valence-corrected chi connectivity index (χ4v) is 6.53. The molecule has 4 aromatic rings. The largest absolute Gasteiger partial charge is 0.524 e. The first-order valence-corrected chi connectivity index (χ1v) is 18.1. The lowest BCUT2D eigenvalue weighted by molar-refractivity contribution is -0.688. The standard InChI is InChI=1S/C38H47N2O7P/c1-38(2,3)39-25-34(41)30-14-15-31(36(24-30)47-48(42,43)44)26-40-20-18-27(19-21-40)22-33(28-10-6-5-7-11-28)29-16-17-35(45-4)37(23-29)46-32-12-8-9-13-32/h5-7,10-11,14-21,23-24,32-34,39,41H,8-9,12-13,22,25-26H2,1-4H3,(H-,42,43,44)/p+1. The molecule has 0 amide bonds. The van der Waals surface area contributed by atoms with E-state index in [0.29, 0.717) is 17.7 Å². The molecule has 0 radical (unpaired) electrons. The molecule has 0 spiro atoms. The van der Waals surface area contributed by atoms with Crippen LogP contribution in [0.4, 0.5) is 0 Å². The first kappa shape index (κ1) is 35.6. The molecule has 0 bridgehead atoms. The molecule has 1 aromatic heterocycles. The van der Waals surface area contributed by atoms with Gasteiger partial charge in [-0.15, -0.1) is 0 Å². The minimum atomic E-state index is -4.83. The summed E-state index contributed by atoms with van der Waals surface area (Å²) in [6.45, 7) is 6.59. The van der Waals surface area contributed by atoms with Gasteiger partial charge in [-0.3, -0.25) is 9.79 Å². The van der Waals surface area contributed by atoms with Crippen molar-refractivity contribution in [2.75, 3.05) is 13.7 Å². The Hall–Kier alpha value is -3.72. The van der Waals surface area contributed by atoms with E-state index in [1.807, 2.05) is 49.9 Å². The number of benzene rings is 3. The van der Waals surface area contributed by atoms with Crippen LogP contribution in [0.15, 0.2) is 91.3 Å². The number of aromatic nitrogens is 1. The lowest BCUT2D eigenvalue weighted by Gasteiger charge is -2.23. The molecule has 9 nitrogen and oxygen atoms in total.